The SMILES string of the molecule is CCOC(=O)c1cc2c(n(C3CC3)c1=O)-c1cc(C)c(OCCCOC)cc1OC2C(C)C. The maximum absolute atomic E-state index is 13.5. The quantitative estimate of drug-likeness (QED) is 0.398. The van der Waals surface area contributed by atoms with Crippen molar-refractivity contribution in [1.82, 2.24) is 4.57 Å². The second kappa shape index (κ2) is 9.59. The fourth-order valence-electron chi connectivity index (χ4n) is 4.38. The number of aryl methyl sites for hydroxylation is 1. The first-order chi connectivity index (χ1) is 15.9. The van der Waals surface area contributed by atoms with Gasteiger partial charge in [-0.05, 0) is 50.3 Å². The number of carbonyl (C=O) groups is 1. The molecule has 0 bridgehead atoms. The zero-order valence-electron chi connectivity index (χ0n) is 20.1. The molecule has 1 saturated carbocycles. The van der Waals surface area contributed by atoms with E-state index in [0.29, 0.717) is 19.0 Å². The van der Waals surface area contributed by atoms with Crippen LogP contribution >= 0.6 is 0 Å². The Balaban J connectivity index is 1.87. The number of benzene rings is 1. The van der Waals surface area contributed by atoms with Crippen LogP contribution in [0.4, 0.5) is 0 Å². The van der Waals surface area contributed by atoms with Crippen LogP contribution in [0.25, 0.3) is 11.3 Å². The third-order valence-corrected chi connectivity index (χ3v) is 6.12. The molecule has 33 heavy (non-hydrogen) atoms. The van der Waals surface area contributed by atoms with Gasteiger partial charge in [0.05, 0.1) is 18.9 Å². The molecular formula is C26H33NO6. The van der Waals surface area contributed by atoms with Crippen molar-refractivity contribution in [2.45, 2.75) is 59.1 Å². The Morgan fingerprint density at radius 3 is 2.61 bits per heavy atom. The van der Waals surface area contributed by atoms with Crippen LogP contribution in [-0.4, -0.2) is 37.5 Å². The van der Waals surface area contributed by atoms with Gasteiger partial charge in [-0.2, -0.15) is 0 Å². The van der Waals surface area contributed by atoms with Gasteiger partial charge in [0, 0.05) is 43.4 Å². The first-order valence-electron chi connectivity index (χ1n) is 11.8. The van der Waals surface area contributed by atoms with Gasteiger partial charge in [-0.3, -0.25) is 4.79 Å². The van der Waals surface area contributed by atoms with Crippen LogP contribution < -0.4 is 15.0 Å². The largest absolute Gasteiger partial charge is 0.493 e. The Kier molecular flexibility index (Phi) is 6.79. The summed E-state index contributed by atoms with van der Waals surface area (Å²) in [5, 5.41) is 0. The highest BCUT2D eigenvalue weighted by molar-refractivity contribution is 5.90. The number of carbonyl (C=O) groups excluding carboxylic acids is 1. The molecule has 2 aromatic rings. The molecule has 7 heteroatoms. The van der Waals surface area contributed by atoms with E-state index in [1.165, 1.54) is 0 Å². The zero-order valence-corrected chi connectivity index (χ0v) is 20.1. The monoisotopic (exact) mass is 455 g/mol. The Labute approximate surface area is 194 Å². The van der Waals surface area contributed by atoms with Gasteiger partial charge in [0.15, 0.2) is 0 Å². The first kappa shape index (κ1) is 23.4. The minimum absolute atomic E-state index is 0.0787. The molecule has 1 aromatic carbocycles. The minimum atomic E-state index is -0.580. The van der Waals surface area contributed by atoms with Crippen molar-refractivity contribution in [3.8, 4) is 22.8 Å². The second-order valence-electron chi connectivity index (χ2n) is 9.08. The molecule has 0 radical (unpaired) electrons. The number of methoxy groups -OCH3 is 1. The van der Waals surface area contributed by atoms with Gasteiger partial charge in [-0.15, -0.1) is 0 Å². The Morgan fingerprint density at radius 2 is 1.97 bits per heavy atom. The third kappa shape index (κ3) is 4.51. The zero-order chi connectivity index (χ0) is 23.7. The summed E-state index contributed by atoms with van der Waals surface area (Å²) < 4.78 is 24.5. The van der Waals surface area contributed by atoms with Crippen molar-refractivity contribution in [1.29, 1.82) is 0 Å². The van der Waals surface area contributed by atoms with E-state index in [-0.39, 0.29) is 35.8 Å². The van der Waals surface area contributed by atoms with Gasteiger partial charge < -0.3 is 23.5 Å². The summed E-state index contributed by atoms with van der Waals surface area (Å²) in [7, 11) is 1.67. The number of fused-ring (bicyclic) bond motifs is 3. The van der Waals surface area contributed by atoms with Crippen LogP contribution in [0.3, 0.4) is 0 Å². The maximum atomic E-state index is 13.5. The number of pyridine rings is 1. The van der Waals surface area contributed by atoms with Crippen LogP contribution in [0.2, 0.25) is 0 Å². The molecule has 0 N–H and O–H groups in total. The number of hydrogen-bond donors (Lipinski definition) is 0. The van der Waals surface area contributed by atoms with Gasteiger partial charge in [0.1, 0.15) is 23.2 Å². The molecule has 1 aliphatic heterocycles. The van der Waals surface area contributed by atoms with Crippen LogP contribution in [-0.2, 0) is 9.47 Å². The Morgan fingerprint density at radius 1 is 1.21 bits per heavy atom. The minimum Gasteiger partial charge on any atom is -0.493 e. The molecule has 1 unspecified atom stereocenters. The average Bonchev–Trinajstić information content (AvgIpc) is 3.61. The molecule has 0 spiro atoms. The predicted octanol–water partition coefficient (Wildman–Crippen LogP) is 4.84. The summed E-state index contributed by atoms with van der Waals surface area (Å²) >= 11 is 0. The van der Waals surface area contributed by atoms with E-state index in [9.17, 15) is 9.59 Å². The van der Waals surface area contributed by atoms with Crippen LogP contribution in [0.5, 0.6) is 11.5 Å². The maximum Gasteiger partial charge on any atom is 0.343 e. The Hall–Kier alpha value is -2.80. The van der Waals surface area contributed by atoms with Gasteiger partial charge in [-0.25, -0.2) is 4.79 Å². The lowest BCUT2D eigenvalue weighted by molar-refractivity contribution is 0.0522. The summed E-state index contributed by atoms with van der Waals surface area (Å²) in [6, 6.07) is 5.73. The number of esters is 1. The number of aromatic nitrogens is 1. The van der Waals surface area contributed by atoms with Crippen molar-refractivity contribution in [3.05, 3.63) is 45.2 Å². The molecule has 1 fully saturated rings. The molecule has 1 atom stereocenters. The lowest BCUT2D eigenvalue weighted by Gasteiger charge is -2.34. The van der Waals surface area contributed by atoms with Crippen LogP contribution in [0.15, 0.2) is 23.0 Å². The summed E-state index contributed by atoms with van der Waals surface area (Å²) in [6.07, 6.45) is 2.33. The van der Waals surface area contributed by atoms with Crippen molar-refractivity contribution < 1.29 is 23.7 Å². The lowest BCUT2D eigenvalue weighted by atomic mass is 9.89. The van der Waals surface area contributed by atoms with Crippen molar-refractivity contribution in [2.75, 3.05) is 26.9 Å². The number of nitrogens with zero attached hydrogens (tertiary/aromatic N) is 1. The highest BCUT2D eigenvalue weighted by atomic mass is 16.5. The van der Waals surface area contributed by atoms with Gasteiger partial charge >= 0.3 is 5.97 Å². The molecule has 0 amide bonds. The van der Waals surface area contributed by atoms with E-state index in [0.717, 1.165) is 47.4 Å². The lowest BCUT2D eigenvalue weighted by Crippen LogP contribution is -2.32. The fourth-order valence-corrected chi connectivity index (χ4v) is 4.38. The molecular weight excluding hydrogens is 422 g/mol. The second-order valence-corrected chi connectivity index (χ2v) is 9.08. The smallest absolute Gasteiger partial charge is 0.343 e. The van der Waals surface area contributed by atoms with E-state index in [2.05, 4.69) is 13.8 Å². The van der Waals surface area contributed by atoms with E-state index in [1.54, 1.807) is 24.7 Å². The fraction of sp³-hybridized carbons (Fsp3) is 0.538. The molecule has 2 heterocycles. The predicted molar refractivity (Wildman–Crippen MR) is 125 cm³/mol. The third-order valence-electron chi connectivity index (χ3n) is 6.12. The summed E-state index contributed by atoms with van der Waals surface area (Å²) in [4.78, 5) is 26.1. The van der Waals surface area contributed by atoms with E-state index in [4.69, 9.17) is 18.9 Å². The van der Waals surface area contributed by atoms with E-state index in [1.807, 2.05) is 19.1 Å². The molecule has 1 aromatic heterocycles. The van der Waals surface area contributed by atoms with Crippen molar-refractivity contribution >= 4 is 5.97 Å². The Bertz CT molecular complexity index is 1100. The van der Waals surface area contributed by atoms with Gasteiger partial charge in [0.25, 0.3) is 5.56 Å². The van der Waals surface area contributed by atoms with Crippen LogP contribution in [0.1, 0.15) is 73.7 Å². The van der Waals surface area contributed by atoms with Gasteiger partial charge in [0.2, 0.25) is 0 Å². The van der Waals surface area contributed by atoms with Gasteiger partial charge in [-0.1, -0.05) is 13.8 Å². The van der Waals surface area contributed by atoms with Crippen molar-refractivity contribution in [3.63, 3.8) is 0 Å². The van der Waals surface area contributed by atoms with Crippen LogP contribution in [0, 0.1) is 12.8 Å². The normalized spacial score (nSPS) is 16.7. The van der Waals surface area contributed by atoms with E-state index < -0.39 is 5.97 Å². The average molecular weight is 456 g/mol. The number of ether oxygens (including phenoxy) is 4. The van der Waals surface area contributed by atoms with Crippen molar-refractivity contribution in [2.24, 2.45) is 5.92 Å². The van der Waals surface area contributed by atoms with E-state index >= 15 is 0 Å². The highest BCUT2D eigenvalue weighted by Crippen LogP contribution is 2.49. The molecule has 4 rings (SSSR count). The summed E-state index contributed by atoms with van der Waals surface area (Å²) in [6.45, 7) is 9.29. The first-order valence-corrected chi connectivity index (χ1v) is 11.8. The molecule has 178 valence electrons. The topological polar surface area (TPSA) is 76.0 Å². The summed E-state index contributed by atoms with van der Waals surface area (Å²) in [5.74, 6) is 1.01. The molecule has 0 saturated heterocycles. The number of hydrogen-bond acceptors (Lipinski definition) is 6. The molecule has 2 aliphatic rings. The number of rotatable bonds is 9. The standard InChI is InChI=1S/C26H33NO6/c1-6-31-26(29)20-13-19-23(27(25(20)28)17-8-9-17)18-12-16(4)21(32-11-7-10-30-5)14-22(18)33-24(19)15(2)3/h12-15,17,24H,6-11H2,1-5H3. The highest BCUT2D eigenvalue weighted by Gasteiger charge is 2.38. The summed E-state index contributed by atoms with van der Waals surface area (Å²) in [5.41, 5.74) is 3.33. The molecule has 7 nitrogen and oxygen atoms in total. The molecule has 1 aliphatic carbocycles.